The minimum absolute atomic E-state index is 0.287. The van der Waals surface area contributed by atoms with E-state index >= 15 is 0 Å². The standard InChI is InChI=1S/C17H24N2O2S/c1-12(2)11-13-3-9-16(10-4-13)22(20,21)19-18-17(14-5-6-14)15-7-8-15/h3-4,9-10,12,14-15,19H,5-8,11H2,1-2H3. The molecule has 0 unspecified atom stereocenters. The first-order valence-corrected chi connectivity index (χ1v) is 9.62. The van der Waals surface area contributed by atoms with Gasteiger partial charge in [-0.25, -0.2) is 4.83 Å². The Bertz CT molecular complexity index is 640. The third kappa shape index (κ3) is 3.88. The summed E-state index contributed by atoms with van der Waals surface area (Å²) in [6.45, 7) is 4.30. The molecule has 22 heavy (non-hydrogen) atoms. The summed E-state index contributed by atoms with van der Waals surface area (Å²) < 4.78 is 24.7. The van der Waals surface area contributed by atoms with Gasteiger partial charge in [0.15, 0.2) is 0 Å². The summed E-state index contributed by atoms with van der Waals surface area (Å²) >= 11 is 0. The molecular weight excluding hydrogens is 296 g/mol. The van der Waals surface area contributed by atoms with Gasteiger partial charge in [-0.2, -0.15) is 13.5 Å². The Morgan fingerprint density at radius 2 is 1.68 bits per heavy atom. The van der Waals surface area contributed by atoms with Gasteiger partial charge in [0.05, 0.1) is 4.90 Å². The average Bonchev–Trinajstić information content (AvgIpc) is 3.33. The summed E-state index contributed by atoms with van der Waals surface area (Å²) in [5, 5.41) is 4.25. The number of rotatable bonds is 7. The SMILES string of the molecule is CC(C)Cc1ccc(S(=O)(=O)NN=C(C2CC2)C2CC2)cc1. The molecule has 1 N–H and O–H groups in total. The number of hydrazone groups is 1. The van der Waals surface area contributed by atoms with Crippen LogP contribution in [-0.2, 0) is 16.4 Å². The maximum atomic E-state index is 12.3. The van der Waals surface area contributed by atoms with Crippen molar-refractivity contribution in [1.29, 1.82) is 0 Å². The van der Waals surface area contributed by atoms with Crippen LogP contribution >= 0.6 is 0 Å². The molecule has 1 aromatic carbocycles. The highest BCUT2D eigenvalue weighted by Crippen LogP contribution is 2.42. The number of nitrogens with one attached hydrogen (secondary N) is 1. The van der Waals surface area contributed by atoms with E-state index in [0.29, 0.717) is 17.8 Å². The largest absolute Gasteiger partial charge is 0.276 e. The Kier molecular flexibility index (Phi) is 4.26. The monoisotopic (exact) mass is 320 g/mol. The summed E-state index contributed by atoms with van der Waals surface area (Å²) in [6.07, 6.45) is 5.57. The normalized spacial score (nSPS) is 18.3. The molecule has 1 aromatic rings. The van der Waals surface area contributed by atoms with Crippen molar-refractivity contribution in [2.75, 3.05) is 0 Å². The van der Waals surface area contributed by atoms with Gasteiger partial charge in [-0.05, 0) is 67.6 Å². The molecule has 0 aliphatic heterocycles. The van der Waals surface area contributed by atoms with Gasteiger partial charge in [0.1, 0.15) is 0 Å². The van der Waals surface area contributed by atoms with Crippen molar-refractivity contribution in [3.8, 4) is 0 Å². The summed E-state index contributed by atoms with van der Waals surface area (Å²) in [6, 6.07) is 7.12. The lowest BCUT2D eigenvalue weighted by molar-refractivity contribution is 0.584. The minimum Gasteiger partial charge on any atom is -0.200 e. The minimum atomic E-state index is -3.55. The summed E-state index contributed by atoms with van der Waals surface area (Å²) in [5.41, 5.74) is 2.23. The van der Waals surface area contributed by atoms with Gasteiger partial charge >= 0.3 is 0 Å². The maximum absolute atomic E-state index is 12.3. The van der Waals surface area contributed by atoms with Crippen LogP contribution in [0.25, 0.3) is 0 Å². The third-order valence-electron chi connectivity index (χ3n) is 4.16. The molecule has 0 saturated heterocycles. The molecule has 0 heterocycles. The molecule has 2 aliphatic rings. The molecule has 2 saturated carbocycles. The van der Waals surface area contributed by atoms with Gasteiger partial charge in [0.25, 0.3) is 10.0 Å². The zero-order chi connectivity index (χ0) is 15.7. The van der Waals surface area contributed by atoms with Crippen LogP contribution in [0.15, 0.2) is 34.3 Å². The molecule has 4 nitrogen and oxygen atoms in total. The number of sulfonamides is 1. The highest BCUT2D eigenvalue weighted by atomic mass is 32.2. The third-order valence-corrected chi connectivity index (χ3v) is 5.39. The number of nitrogens with zero attached hydrogens (tertiary/aromatic N) is 1. The molecule has 2 fully saturated rings. The number of hydrogen-bond donors (Lipinski definition) is 1. The molecule has 120 valence electrons. The smallest absolute Gasteiger partial charge is 0.200 e. The number of benzene rings is 1. The highest BCUT2D eigenvalue weighted by Gasteiger charge is 2.38. The van der Waals surface area contributed by atoms with E-state index in [9.17, 15) is 8.42 Å². The maximum Gasteiger partial charge on any atom is 0.276 e. The lowest BCUT2D eigenvalue weighted by atomic mass is 10.0. The van der Waals surface area contributed by atoms with Crippen LogP contribution in [0.2, 0.25) is 0 Å². The van der Waals surface area contributed by atoms with Crippen LogP contribution in [0.1, 0.15) is 45.1 Å². The fourth-order valence-corrected chi connectivity index (χ4v) is 3.54. The Labute approximate surface area is 133 Å². The molecule has 3 rings (SSSR count). The van der Waals surface area contributed by atoms with Crippen molar-refractivity contribution < 1.29 is 8.42 Å². The second-order valence-electron chi connectivity index (χ2n) is 6.92. The Morgan fingerprint density at radius 1 is 1.14 bits per heavy atom. The predicted octanol–water partition coefficient (Wildman–Crippen LogP) is 3.34. The molecule has 0 spiro atoms. The van der Waals surface area contributed by atoms with E-state index in [1.165, 1.54) is 0 Å². The van der Waals surface area contributed by atoms with Crippen LogP contribution in [-0.4, -0.2) is 14.1 Å². The topological polar surface area (TPSA) is 58.5 Å². The zero-order valence-corrected chi connectivity index (χ0v) is 14.1. The van der Waals surface area contributed by atoms with Crippen LogP contribution in [0, 0.1) is 17.8 Å². The van der Waals surface area contributed by atoms with Crippen LogP contribution < -0.4 is 4.83 Å². The van der Waals surface area contributed by atoms with Crippen molar-refractivity contribution in [3.63, 3.8) is 0 Å². The Balaban J connectivity index is 1.70. The lowest BCUT2D eigenvalue weighted by Crippen LogP contribution is -2.21. The summed E-state index contributed by atoms with van der Waals surface area (Å²) in [5.74, 6) is 1.59. The van der Waals surface area contributed by atoms with Gasteiger partial charge in [-0.1, -0.05) is 26.0 Å². The van der Waals surface area contributed by atoms with E-state index in [1.54, 1.807) is 12.1 Å². The molecule has 2 aliphatic carbocycles. The second kappa shape index (κ2) is 6.03. The van der Waals surface area contributed by atoms with Gasteiger partial charge in [-0.3, -0.25) is 0 Å². The summed E-state index contributed by atoms with van der Waals surface area (Å²) in [7, 11) is -3.55. The molecule has 0 atom stereocenters. The first kappa shape index (κ1) is 15.5. The highest BCUT2D eigenvalue weighted by molar-refractivity contribution is 7.89. The van der Waals surface area contributed by atoms with Crippen molar-refractivity contribution in [1.82, 2.24) is 4.83 Å². The second-order valence-corrected chi connectivity index (χ2v) is 8.58. The van der Waals surface area contributed by atoms with Gasteiger partial charge in [-0.15, -0.1) is 0 Å². The lowest BCUT2D eigenvalue weighted by Gasteiger charge is -2.08. The van der Waals surface area contributed by atoms with E-state index in [1.807, 2.05) is 12.1 Å². The van der Waals surface area contributed by atoms with Gasteiger partial charge < -0.3 is 0 Å². The van der Waals surface area contributed by atoms with Crippen LogP contribution in [0.5, 0.6) is 0 Å². The molecule has 5 heteroatoms. The van der Waals surface area contributed by atoms with E-state index < -0.39 is 10.0 Å². The van der Waals surface area contributed by atoms with E-state index in [0.717, 1.165) is 43.4 Å². The molecule has 0 radical (unpaired) electrons. The van der Waals surface area contributed by atoms with E-state index in [4.69, 9.17) is 0 Å². The molecular formula is C17H24N2O2S. The van der Waals surface area contributed by atoms with E-state index in [-0.39, 0.29) is 4.90 Å². The quantitative estimate of drug-likeness (QED) is 0.619. The van der Waals surface area contributed by atoms with Crippen LogP contribution in [0.4, 0.5) is 0 Å². The van der Waals surface area contributed by atoms with Crippen molar-refractivity contribution >= 4 is 15.7 Å². The number of hydrogen-bond acceptors (Lipinski definition) is 3. The van der Waals surface area contributed by atoms with Crippen LogP contribution in [0.3, 0.4) is 0 Å². The molecule has 0 amide bonds. The zero-order valence-electron chi connectivity index (χ0n) is 13.2. The first-order chi connectivity index (χ1) is 10.5. The van der Waals surface area contributed by atoms with Crippen molar-refractivity contribution in [2.45, 2.75) is 50.8 Å². The summed E-state index contributed by atoms with van der Waals surface area (Å²) in [4.78, 5) is 2.73. The average molecular weight is 320 g/mol. The molecule has 0 aromatic heterocycles. The van der Waals surface area contributed by atoms with Gasteiger partial charge in [0.2, 0.25) is 0 Å². The predicted molar refractivity (Wildman–Crippen MR) is 88.2 cm³/mol. The first-order valence-electron chi connectivity index (χ1n) is 8.14. The van der Waals surface area contributed by atoms with Gasteiger partial charge in [0, 0.05) is 5.71 Å². The molecule has 0 bridgehead atoms. The Hall–Kier alpha value is -1.36. The van der Waals surface area contributed by atoms with Crippen molar-refractivity contribution in [2.24, 2.45) is 22.9 Å². The Morgan fingerprint density at radius 3 is 2.14 bits per heavy atom. The fraction of sp³-hybridized carbons (Fsp3) is 0.588. The van der Waals surface area contributed by atoms with Crippen molar-refractivity contribution in [3.05, 3.63) is 29.8 Å². The fourth-order valence-electron chi connectivity index (χ4n) is 2.72. The van der Waals surface area contributed by atoms with E-state index in [2.05, 4.69) is 23.8 Å².